The van der Waals surface area contributed by atoms with E-state index in [1.807, 2.05) is 23.1 Å². The Labute approximate surface area is 165 Å². The zero-order chi connectivity index (χ0) is 19.7. The quantitative estimate of drug-likeness (QED) is 0.829. The van der Waals surface area contributed by atoms with Crippen molar-refractivity contribution in [2.24, 2.45) is 5.14 Å². The maximum atomic E-state index is 12.8. The number of benzene rings is 2. The Morgan fingerprint density at radius 1 is 0.929 bits per heavy atom. The summed E-state index contributed by atoms with van der Waals surface area (Å²) in [6, 6.07) is 14.7. The highest BCUT2D eigenvalue weighted by Crippen LogP contribution is 2.27. The van der Waals surface area contributed by atoms with Crippen molar-refractivity contribution in [1.29, 1.82) is 0 Å². The first-order chi connectivity index (χ1) is 13.4. The fourth-order valence-corrected chi connectivity index (χ4v) is 4.40. The second-order valence-electron chi connectivity index (χ2n) is 7.23. The molecule has 0 spiro atoms. The number of primary sulfonamides is 1. The first-order valence-electron chi connectivity index (χ1n) is 9.40. The van der Waals surface area contributed by atoms with Crippen molar-refractivity contribution in [2.45, 2.75) is 11.3 Å². The van der Waals surface area contributed by atoms with E-state index in [1.165, 1.54) is 17.7 Å². The number of nitrogens with two attached hydrogens (primary N) is 1. The summed E-state index contributed by atoms with van der Waals surface area (Å²) in [6.07, 6.45) is 0.921. The van der Waals surface area contributed by atoms with E-state index in [2.05, 4.69) is 15.9 Å². The number of sulfonamides is 1. The van der Waals surface area contributed by atoms with Crippen LogP contribution in [-0.2, 0) is 21.2 Å². The van der Waals surface area contributed by atoms with Crippen LogP contribution in [0.1, 0.15) is 5.56 Å². The summed E-state index contributed by atoms with van der Waals surface area (Å²) in [4.78, 5) is 19.1. The Kier molecular flexibility index (Phi) is 5.09. The lowest BCUT2D eigenvalue weighted by Gasteiger charge is -2.36. The SMILES string of the molecule is NS(=O)(=O)c1ccc(N2CCN(CC(=O)N3CCc4ccccc43)CC2)cc1. The lowest BCUT2D eigenvalue weighted by atomic mass is 10.2. The van der Waals surface area contributed by atoms with E-state index in [-0.39, 0.29) is 10.8 Å². The Balaban J connectivity index is 1.33. The zero-order valence-electron chi connectivity index (χ0n) is 15.6. The van der Waals surface area contributed by atoms with Gasteiger partial charge in [0.1, 0.15) is 0 Å². The van der Waals surface area contributed by atoms with Crippen LogP contribution in [0.2, 0.25) is 0 Å². The monoisotopic (exact) mass is 400 g/mol. The minimum Gasteiger partial charge on any atom is -0.369 e. The standard InChI is InChI=1S/C20H24N4O3S/c21-28(26,27)18-7-5-17(6-8-18)23-13-11-22(12-14-23)15-20(25)24-10-9-16-3-1-2-4-19(16)24/h1-8H,9-15H2,(H2,21,26,27). The third-order valence-electron chi connectivity index (χ3n) is 5.45. The van der Waals surface area contributed by atoms with Crippen LogP contribution in [0.5, 0.6) is 0 Å². The first kappa shape index (κ1) is 18.9. The Bertz CT molecular complexity index is 967. The van der Waals surface area contributed by atoms with Crippen LogP contribution in [0, 0.1) is 0 Å². The molecule has 1 saturated heterocycles. The topological polar surface area (TPSA) is 87.0 Å². The molecule has 0 saturated carbocycles. The Hall–Kier alpha value is -2.42. The van der Waals surface area contributed by atoms with E-state index in [0.29, 0.717) is 6.54 Å². The highest BCUT2D eigenvalue weighted by molar-refractivity contribution is 7.89. The molecule has 0 bridgehead atoms. The normalized spacial score (nSPS) is 17.6. The summed E-state index contributed by atoms with van der Waals surface area (Å²) in [5.41, 5.74) is 3.25. The smallest absolute Gasteiger partial charge is 0.241 e. The molecule has 0 aromatic heterocycles. The van der Waals surface area contributed by atoms with Gasteiger partial charge >= 0.3 is 0 Å². The number of carbonyl (C=O) groups excluding carboxylic acids is 1. The van der Waals surface area contributed by atoms with E-state index in [9.17, 15) is 13.2 Å². The van der Waals surface area contributed by atoms with Gasteiger partial charge in [0.05, 0.1) is 11.4 Å². The highest BCUT2D eigenvalue weighted by atomic mass is 32.2. The fraction of sp³-hybridized carbons (Fsp3) is 0.350. The average molecular weight is 401 g/mol. The second kappa shape index (κ2) is 7.54. The van der Waals surface area contributed by atoms with Crippen molar-refractivity contribution >= 4 is 27.3 Å². The van der Waals surface area contributed by atoms with E-state index < -0.39 is 10.0 Å². The van der Waals surface area contributed by atoms with Crippen molar-refractivity contribution in [3.05, 3.63) is 54.1 Å². The van der Waals surface area contributed by atoms with Gasteiger partial charge in [0.25, 0.3) is 0 Å². The third-order valence-corrected chi connectivity index (χ3v) is 6.38. The van der Waals surface area contributed by atoms with Crippen molar-refractivity contribution in [1.82, 2.24) is 4.90 Å². The molecule has 1 amide bonds. The van der Waals surface area contributed by atoms with Crippen LogP contribution >= 0.6 is 0 Å². The van der Waals surface area contributed by atoms with Crippen LogP contribution < -0.4 is 14.9 Å². The van der Waals surface area contributed by atoms with Crippen molar-refractivity contribution in [3.63, 3.8) is 0 Å². The molecule has 2 aromatic rings. The average Bonchev–Trinajstić information content (AvgIpc) is 3.12. The zero-order valence-corrected chi connectivity index (χ0v) is 16.4. The van der Waals surface area contributed by atoms with Gasteiger partial charge in [-0.05, 0) is 42.3 Å². The fourth-order valence-electron chi connectivity index (χ4n) is 3.88. The molecule has 7 nitrogen and oxygen atoms in total. The van der Waals surface area contributed by atoms with E-state index in [4.69, 9.17) is 5.14 Å². The molecule has 2 aromatic carbocycles. The molecular formula is C20H24N4O3S. The summed E-state index contributed by atoms with van der Waals surface area (Å²) in [5, 5.41) is 5.15. The van der Waals surface area contributed by atoms with Gasteiger partial charge in [-0.25, -0.2) is 13.6 Å². The van der Waals surface area contributed by atoms with Crippen molar-refractivity contribution in [2.75, 3.05) is 49.1 Å². The summed E-state index contributed by atoms with van der Waals surface area (Å²) in [5.74, 6) is 0.149. The van der Waals surface area contributed by atoms with Gasteiger partial charge in [-0.15, -0.1) is 0 Å². The molecular weight excluding hydrogens is 376 g/mol. The number of fused-ring (bicyclic) bond motifs is 1. The molecule has 1 fully saturated rings. The lowest BCUT2D eigenvalue weighted by molar-refractivity contribution is -0.119. The largest absolute Gasteiger partial charge is 0.369 e. The summed E-state index contributed by atoms with van der Waals surface area (Å²) in [6.45, 7) is 4.34. The minimum atomic E-state index is -3.67. The number of rotatable bonds is 4. The van der Waals surface area contributed by atoms with Crippen molar-refractivity contribution in [3.8, 4) is 0 Å². The van der Waals surface area contributed by atoms with Gasteiger partial charge in [-0.1, -0.05) is 18.2 Å². The first-order valence-corrected chi connectivity index (χ1v) is 10.9. The lowest BCUT2D eigenvalue weighted by Crippen LogP contribution is -2.50. The molecule has 0 atom stereocenters. The maximum absolute atomic E-state index is 12.8. The maximum Gasteiger partial charge on any atom is 0.241 e. The molecule has 28 heavy (non-hydrogen) atoms. The van der Waals surface area contributed by atoms with Gasteiger partial charge in [-0.2, -0.15) is 0 Å². The summed E-state index contributed by atoms with van der Waals surface area (Å²) >= 11 is 0. The molecule has 0 aliphatic carbocycles. The highest BCUT2D eigenvalue weighted by Gasteiger charge is 2.27. The molecule has 4 rings (SSSR count). The summed E-state index contributed by atoms with van der Waals surface area (Å²) in [7, 11) is -3.67. The van der Waals surface area contributed by atoms with E-state index in [1.54, 1.807) is 12.1 Å². The van der Waals surface area contributed by atoms with Gasteiger partial charge in [0, 0.05) is 44.1 Å². The van der Waals surface area contributed by atoms with Crippen LogP contribution in [0.15, 0.2) is 53.4 Å². The molecule has 2 aliphatic rings. The second-order valence-corrected chi connectivity index (χ2v) is 8.79. The number of hydrogen-bond donors (Lipinski definition) is 1. The number of carbonyl (C=O) groups is 1. The van der Waals surface area contributed by atoms with Crippen LogP contribution in [0.3, 0.4) is 0 Å². The number of anilines is 2. The van der Waals surface area contributed by atoms with Crippen LogP contribution in [0.25, 0.3) is 0 Å². The summed E-state index contributed by atoms with van der Waals surface area (Å²) < 4.78 is 22.7. The molecule has 0 radical (unpaired) electrons. The molecule has 8 heteroatoms. The number of amides is 1. The van der Waals surface area contributed by atoms with Gasteiger partial charge < -0.3 is 9.80 Å². The third kappa shape index (κ3) is 3.89. The number of para-hydroxylation sites is 1. The van der Waals surface area contributed by atoms with Gasteiger partial charge in [-0.3, -0.25) is 9.69 Å². The molecule has 2 N–H and O–H groups in total. The molecule has 0 unspecified atom stereocenters. The predicted molar refractivity (Wildman–Crippen MR) is 109 cm³/mol. The number of hydrogen-bond acceptors (Lipinski definition) is 5. The van der Waals surface area contributed by atoms with E-state index >= 15 is 0 Å². The molecule has 2 heterocycles. The predicted octanol–water partition coefficient (Wildman–Crippen LogP) is 1.05. The van der Waals surface area contributed by atoms with Gasteiger partial charge in [0.2, 0.25) is 15.9 Å². The Morgan fingerprint density at radius 3 is 2.29 bits per heavy atom. The Morgan fingerprint density at radius 2 is 1.61 bits per heavy atom. The van der Waals surface area contributed by atoms with Crippen LogP contribution in [-0.4, -0.2) is 58.5 Å². The number of nitrogens with zero attached hydrogens (tertiary/aromatic N) is 3. The minimum absolute atomic E-state index is 0.117. The van der Waals surface area contributed by atoms with Crippen molar-refractivity contribution < 1.29 is 13.2 Å². The molecule has 148 valence electrons. The van der Waals surface area contributed by atoms with Gasteiger partial charge in [0.15, 0.2) is 0 Å². The number of piperazine rings is 1. The van der Waals surface area contributed by atoms with Crippen LogP contribution in [0.4, 0.5) is 11.4 Å². The molecule has 2 aliphatic heterocycles. The van der Waals surface area contributed by atoms with E-state index in [0.717, 1.165) is 50.5 Å².